The smallest absolute Gasteiger partial charge is 0.0780 e. The standard InChI is InChI=1S/C15H10BrN/c16-8-7-11-3-4-12-5-6-13-2-1-9-17-15(13)14(12)10-11/h1-10H/b8-7-. The Morgan fingerprint density at radius 3 is 2.71 bits per heavy atom. The minimum atomic E-state index is 1.06. The zero-order valence-corrected chi connectivity index (χ0v) is 10.7. The molecule has 1 aromatic heterocycles. The molecule has 0 spiro atoms. The third-order valence-electron chi connectivity index (χ3n) is 2.87. The van der Waals surface area contributed by atoms with Gasteiger partial charge in [0.05, 0.1) is 5.52 Å². The third-order valence-corrected chi connectivity index (χ3v) is 3.13. The van der Waals surface area contributed by atoms with E-state index in [-0.39, 0.29) is 0 Å². The van der Waals surface area contributed by atoms with Gasteiger partial charge in [0.1, 0.15) is 0 Å². The van der Waals surface area contributed by atoms with Crippen LogP contribution in [0.1, 0.15) is 5.56 Å². The molecule has 0 atom stereocenters. The van der Waals surface area contributed by atoms with Crippen LogP contribution in [0.2, 0.25) is 0 Å². The summed E-state index contributed by atoms with van der Waals surface area (Å²) < 4.78 is 0. The van der Waals surface area contributed by atoms with Crippen LogP contribution in [0.5, 0.6) is 0 Å². The van der Waals surface area contributed by atoms with Gasteiger partial charge in [-0.15, -0.1) is 0 Å². The first-order chi connectivity index (χ1) is 8.38. The molecule has 1 heterocycles. The lowest BCUT2D eigenvalue weighted by molar-refractivity contribution is 1.43. The molecule has 2 aromatic carbocycles. The van der Waals surface area contributed by atoms with Crippen LogP contribution in [-0.4, -0.2) is 4.98 Å². The van der Waals surface area contributed by atoms with E-state index in [9.17, 15) is 0 Å². The van der Waals surface area contributed by atoms with Crippen LogP contribution in [0, 0.1) is 0 Å². The lowest BCUT2D eigenvalue weighted by Gasteiger charge is -2.03. The normalized spacial score (nSPS) is 11.6. The molecule has 0 aliphatic carbocycles. The maximum absolute atomic E-state index is 4.47. The molecule has 0 unspecified atom stereocenters. The Morgan fingerprint density at radius 1 is 1.00 bits per heavy atom. The minimum absolute atomic E-state index is 1.06. The highest BCUT2D eigenvalue weighted by molar-refractivity contribution is 9.11. The van der Waals surface area contributed by atoms with Gasteiger partial charge in [0.15, 0.2) is 0 Å². The molecular formula is C15H10BrN. The van der Waals surface area contributed by atoms with Crippen LogP contribution in [0.3, 0.4) is 0 Å². The van der Waals surface area contributed by atoms with Gasteiger partial charge < -0.3 is 0 Å². The fourth-order valence-electron chi connectivity index (χ4n) is 2.06. The summed E-state index contributed by atoms with van der Waals surface area (Å²) in [5.41, 5.74) is 2.24. The summed E-state index contributed by atoms with van der Waals surface area (Å²) >= 11 is 3.30. The van der Waals surface area contributed by atoms with Crippen molar-refractivity contribution in [1.29, 1.82) is 0 Å². The molecule has 0 aliphatic rings. The van der Waals surface area contributed by atoms with Gasteiger partial charge in [0.2, 0.25) is 0 Å². The number of hydrogen-bond acceptors (Lipinski definition) is 1. The molecule has 0 aliphatic heterocycles. The van der Waals surface area contributed by atoms with Crippen molar-refractivity contribution < 1.29 is 0 Å². The molecule has 3 aromatic rings. The van der Waals surface area contributed by atoms with Crippen molar-refractivity contribution in [3.63, 3.8) is 0 Å². The maximum atomic E-state index is 4.47. The molecule has 0 fully saturated rings. The van der Waals surface area contributed by atoms with Gasteiger partial charge >= 0.3 is 0 Å². The van der Waals surface area contributed by atoms with Gasteiger partial charge in [-0.05, 0) is 34.1 Å². The third kappa shape index (κ3) is 1.85. The quantitative estimate of drug-likeness (QED) is 0.587. The van der Waals surface area contributed by atoms with Crippen LogP contribution in [-0.2, 0) is 0 Å². The molecule has 2 heteroatoms. The summed E-state index contributed by atoms with van der Waals surface area (Å²) in [5, 5.41) is 3.61. The summed E-state index contributed by atoms with van der Waals surface area (Å²) in [7, 11) is 0. The van der Waals surface area contributed by atoms with E-state index in [0.717, 1.165) is 5.52 Å². The fraction of sp³-hybridized carbons (Fsp3) is 0. The van der Waals surface area contributed by atoms with Crippen LogP contribution in [0.25, 0.3) is 27.8 Å². The molecule has 0 saturated heterocycles. The van der Waals surface area contributed by atoms with Crippen molar-refractivity contribution in [2.24, 2.45) is 0 Å². The molecular weight excluding hydrogens is 274 g/mol. The highest BCUT2D eigenvalue weighted by Gasteiger charge is 2.01. The van der Waals surface area contributed by atoms with E-state index in [4.69, 9.17) is 0 Å². The Kier molecular flexibility index (Phi) is 2.65. The average Bonchev–Trinajstić information content (AvgIpc) is 2.39. The van der Waals surface area contributed by atoms with Crippen molar-refractivity contribution in [2.75, 3.05) is 0 Å². The minimum Gasteiger partial charge on any atom is -0.256 e. The first-order valence-corrected chi connectivity index (χ1v) is 6.34. The number of halogens is 1. The van der Waals surface area contributed by atoms with Crippen LogP contribution in [0.15, 0.2) is 53.6 Å². The van der Waals surface area contributed by atoms with Crippen LogP contribution < -0.4 is 0 Å². The summed E-state index contributed by atoms with van der Waals surface area (Å²) in [5.74, 6) is 0. The van der Waals surface area contributed by atoms with Gasteiger partial charge in [-0.2, -0.15) is 0 Å². The zero-order valence-electron chi connectivity index (χ0n) is 9.10. The van der Waals surface area contributed by atoms with Gasteiger partial charge in [-0.25, -0.2) is 0 Å². The topological polar surface area (TPSA) is 12.9 Å². The van der Waals surface area contributed by atoms with Crippen molar-refractivity contribution in [3.05, 3.63) is 59.2 Å². The number of nitrogens with zero attached hydrogens (tertiary/aromatic N) is 1. The Morgan fingerprint density at radius 2 is 1.82 bits per heavy atom. The van der Waals surface area contributed by atoms with Gasteiger partial charge in [0, 0.05) is 17.0 Å². The molecule has 3 rings (SSSR count). The molecule has 0 saturated carbocycles. The largest absolute Gasteiger partial charge is 0.256 e. The number of rotatable bonds is 1. The average molecular weight is 284 g/mol. The van der Waals surface area contributed by atoms with E-state index in [1.807, 2.05) is 23.3 Å². The monoisotopic (exact) mass is 283 g/mol. The number of benzene rings is 2. The van der Waals surface area contributed by atoms with E-state index < -0.39 is 0 Å². The summed E-state index contributed by atoms with van der Waals surface area (Å²) in [6.07, 6.45) is 3.87. The summed E-state index contributed by atoms with van der Waals surface area (Å²) in [4.78, 5) is 6.34. The predicted molar refractivity (Wildman–Crippen MR) is 77.2 cm³/mol. The molecule has 0 radical (unpaired) electrons. The Hall–Kier alpha value is -1.67. The lowest BCUT2D eigenvalue weighted by atomic mass is 10.0. The van der Waals surface area contributed by atoms with E-state index in [0.29, 0.717) is 0 Å². The number of hydrogen-bond donors (Lipinski definition) is 0. The van der Waals surface area contributed by atoms with Crippen molar-refractivity contribution >= 4 is 43.7 Å². The van der Waals surface area contributed by atoms with E-state index >= 15 is 0 Å². The van der Waals surface area contributed by atoms with Gasteiger partial charge in [-0.3, -0.25) is 4.98 Å². The molecule has 0 N–H and O–H groups in total. The first kappa shape index (κ1) is 10.5. The Bertz CT molecular complexity index is 716. The van der Waals surface area contributed by atoms with E-state index in [1.54, 1.807) is 0 Å². The van der Waals surface area contributed by atoms with Crippen LogP contribution >= 0.6 is 15.9 Å². The fourth-order valence-corrected chi connectivity index (χ4v) is 2.36. The zero-order chi connectivity index (χ0) is 11.7. The summed E-state index contributed by atoms with van der Waals surface area (Å²) in [6.45, 7) is 0. The predicted octanol–water partition coefficient (Wildman–Crippen LogP) is 4.75. The number of aromatic nitrogens is 1. The molecule has 82 valence electrons. The molecule has 0 amide bonds. The second-order valence-electron chi connectivity index (χ2n) is 3.91. The van der Waals surface area contributed by atoms with Gasteiger partial charge in [0.25, 0.3) is 0 Å². The first-order valence-electron chi connectivity index (χ1n) is 5.43. The van der Waals surface area contributed by atoms with Crippen molar-refractivity contribution in [1.82, 2.24) is 4.98 Å². The molecule has 1 nitrogen and oxygen atoms in total. The number of fused-ring (bicyclic) bond motifs is 3. The van der Waals surface area contributed by atoms with E-state index in [1.165, 1.54) is 21.7 Å². The van der Waals surface area contributed by atoms with Gasteiger partial charge in [-0.1, -0.05) is 46.3 Å². The van der Waals surface area contributed by atoms with Crippen LogP contribution in [0.4, 0.5) is 0 Å². The van der Waals surface area contributed by atoms with E-state index in [2.05, 4.69) is 57.3 Å². The number of pyridine rings is 1. The van der Waals surface area contributed by atoms with Crippen molar-refractivity contribution in [2.45, 2.75) is 0 Å². The highest BCUT2D eigenvalue weighted by Crippen LogP contribution is 2.25. The maximum Gasteiger partial charge on any atom is 0.0780 e. The lowest BCUT2D eigenvalue weighted by Crippen LogP contribution is -1.82. The highest BCUT2D eigenvalue weighted by atomic mass is 79.9. The Labute approximate surface area is 108 Å². The SMILES string of the molecule is Br/C=C\c1ccc2ccc3cccnc3c2c1. The second kappa shape index (κ2) is 4.30. The molecule has 17 heavy (non-hydrogen) atoms. The Balaban J connectivity index is 2.42. The van der Waals surface area contributed by atoms with Crippen molar-refractivity contribution in [3.8, 4) is 0 Å². The molecule has 0 bridgehead atoms. The summed E-state index contributed by atoms with van der Waals surface area (Å²) in [6, 6.07) is 14.7. The second-order valence-corrected chi connectivity index (χ2v) is 4.44.